The van der Waals surface area contributed by atoms with Crippen molar-refractivity contribution in [3.63, 3.8) is 0 Å². The van der Waals surface area contributed by atoms with Gasteiger partial charge in [0.1, 0.15) is 5.82 Å². The van der Waals surface area contributed by atoms with Gasteiger partial charge in [-0.2, -0.15) is 0 Å². The number of halogens is 2. The molecule has 9 nitrogen and oxygen atoms in total. The Balaban J connectivity index is 1.23. The van der Waals surface area contributed by atoms with Crippen LogP contribution in [-0.2, 0) is 4.79 Å². The number of aromatic nitrogens is 3. The van der Waals surface area contributed by atoms with Gasteiger partial charge >= 0.3 is 0 Å². The number of hydrogen-bond acceptors (Lipinski definition) is 6. The molecule has 1 fully saturated rings. The molecule has 4 aromatic rings. The number of carbonyl (C=O) groups excluding carboxylic acids is 2. The van der Waals surface area contributed by atoms with Crippen molar-refractivity contribution in [2.45, 2.75) is 44.2 Å². The summed E-state index contributed by atoms with van der Waals surface area (Å²) in [6.45, 7) is 2.57. The maximum absolute atomic E-state index is 15.0. The summed E-state index contributed by atoms with van der Waals surface area (Å²) in [7, 11) is 3.78. The summed E-state index contributed by atoms with van der Waals surface area (Å²) in [5.41, 5.74) is 2.13. The van der Waals surface area contributed by atoms with Crippen molar-refractivity contribution in [2.75, 3.05) is 31.3 Å². The van der Waals surface area contributed by atoms with E-state index in [4.69, 9.17) is 16.6 Å². The van der Waals surface area contributed by atoms with E-state index in [1.165, 1.54) is 18.2 Å². The molecule has 2 heterocycles. The summed E-state index contributed by atoms with van der Waals surface area (Å²) >= 11 is 6.50. The van der Waals surface area contributed by atoms with Crippen LogP contribution in [0, 0.1) is 5.82 Å². The van der Waals surface area contributed by atoms with Crippen molar-refractivity contribution >= 4 is 46.0 Å². The molecule has 1 saturated carbocycles. The third kappa shape index (κ3) is 7.39. The number of nitrogens with one attached hydrogen (secondary N) is 4. The van der Waals surface area contributed by atoms with Gasteiger partial charge in [-0.25, -0.2) is 14.4 Å². The van der Waals surface area contributed by atoms with Gasteiger partial charge in [0.15, 0.2) is 0 Å². The van der Waals surface area contributed by atoms with Gasteiger partial charge in [0.2, 0.25) is 11.9 Å². The van der Waals surface area contributed by atoms with Crippen LogP contribution in [0.3, 0.4) is 0 Å². The zero-order valence-corrected chi connectivity index (χ0v) is 25.1. The highest BCUT2D eigenvalue weighted by Crippen LogP contribution is 2.34. The number of rotatable bonds is 9. The van der Waals surface area contributed by atoms with Crippen LogP contribution < -0.4 is 16.0 Å². The average molecular weight is 604 g/mol. The Kier molecular flexibility index (Phi) is 9.08. The molecule has 4 N–H and O–H groups in total. The Morgan fingerprint density at radius 3 is 2.84 bits per heavy atom. The lowest BCUT2D eigenvalue weighted by Crippen LogP contribution is -2.51. The highest BCUT2D eigenvalue weighted by Gasteiger charge is 2.34. The lowest BCUT2D eigenvalue weighted by Gasteiger charge is -2.39. The Labute approximate surface area is 254 Å². The second-order valence-electron chi connectivity index (χ2n) is 11.4. The lowest BCUT2D eigenvalue weighted by atomic mass is 9.80. The van der Waals surface area contributed by atoms with E-state index >= 15 is 0 Å². The largest absolute Gasteiger partial charge is 0.360 e. The summed E-state index contributed by atoms with van der Waals surface area (Å²) in [6.07, 6.45) is 9.65. The molecule has 224 valence electrons. The molecule has 0 spiro atoms. The fourth-order valence-corrected chi connectivity index (χ4v) is 5.66. The molecule has 0 bridgehead atoms. The van der Waals surface area contributed by atoms with Gasteiger partial charge in [0.25, 0.3) is 5.91 Å². The second-order valence-corrected chi connectivity index (χ2v) is 11.8. The number of fused-ring (bicyclic) bond motifs is 1. The molecule has 5 rings (SSSR count). The van der Waals surface area contributed by atoms with Crippen LogP contribution in [0.15, 0.2) is 67.0 Å². The molecule has 0 radical (unpaired) electrons. The quantitative estimate of drug-likeness (QED) is 0.174. The van der Waals surface area contributed by atoms with Gasteiger partial charge in [-0.15, -0.1) is 0 Å². The SMILES string of the molecule is CN(C)C/C=C/C(=O)Nc1ccc(C(=O)N[C@@]2(C)CCC[C@@H](Nc3ncc(Cl)c(-c4c[nH]c5ccccc45)n3)C2)c(F)c1. The Morgan fingerprint density at radius 1 is 1.23 bits per heavy atom. The Morgan fingerprint density at radius 2 is 2.05 bits per heavy atom. The first-order valence-corrected chi connectivity index (χ1v) is 14.6. The number of anilines is 2. The van der Waals surface area contributed by atoms with Crippen LogP contribution in [0.1, 0.15) is 43.0 Å². The number of benzene rings is 2. The molecule has 1 aliphatic carbocycles. The normalized spacial score (nSPS) is 18.7. The number of nitrogens with zero attached hydrogens (tertiary/aromatic N) is 3. The first-order valence-electron chi connectivity index (χ1n) is 14.2. The molecular formula is C32H35ClFN7O2. The van der Waals surface area contributed by atoms with Crippen molar-refractivity contribution in [1.82, 2.24) is 25.2 Å². The highest BCUT2D eigenvalue weighted by molar-refractivity contribution is 6.33. The minimum absolute atomic E-state index is 0.0148. The molecule has 2 amide bonds. The molecular weight excluding hydrogens is 569 g/mol. The number of hydrogen-bond donors (Lipinski definition) is 4. The molecule has 2 aromatic heterocycles. The number of likely N-dealkylation sites (N-methyl/N-ethyl adjacent to an activating group) is 1. The summed E-state index contributed by atoms with van der Waals surface area (Å²) in [5, 5.41) is 10.5. The van der Waals surface area contributed by atoms with E-state index in [-0.39, 0.29) is 23.2 Å². The van der Waals surface area contributed by atoms with Gasteiger partial charge in [0.05, 0.1) is 22.5 Å². The van der Waals surface area contributed by atoms with E-state index in [0.29, 0.717) is 29.6 Å². The number of para-hydroxylation sites is 1. The van der Waals surface area contributed by atoms with Crippen molar-refractivity contribution in [3.8, 4) is 11.3 Å². The van der Waals surface area contributed by atoms with Gasteiger partial charge in [-0.1, -0.05) is 35.9 Å². The number of carbonyl (C=O) groups is 2. The Hall–Kier alpha value is -4.28. The number of aromatic amines is 1. The molecule has 0 saturated heterocycles. The van der Waals surface area contributed by atoms with Crippen LogP contribution >= 0.6 is 11.6 Å². The van der Waals surface area contributed by atoms with Crippen molar-refractivity contribution in [2.24, 2.45) is 0 Å². The molecule has 11 heteroatoms. The van der Waals surface area contributed by atoms with Crippen LogP contribution in [0.2, 0.25) is 5.02 Å². The highest BCUT2D eigenvalue weighted by atomic mass is 35.5. The van der Waals surface area contributed by atoms with Gasteiger partial charge < -0.3 is 25.8 Å². The Bertz CT molecular complexity index is 1670. The summed E-state index contributed by atoms with van der Waals surface area (Å²) in [5.74, 6) is -1.13. The third-order valence-electron chi connectivity index (χ3n) is 7.54. The van der Waals surface area contributed by atoms with Crippen LogP contribution in [0.25, 0.3) is 22.2 Å². The van der Waals surface area contributed by atoms with Crippen molar-refractivity contribution < 1.29 is 14.0 Å². The van der Waals surface area contributed by atoms with Crippen molar-refractivity contribution in [1.29, 1.82) is 0 Å². The van der Waals surface area contributed by atoms with E-state index in [1.54, 1.807) is 12.3 Å². The van der Waals surface area contributed by atoms with E-state index in [9.17, 15) is 14.0 Å². The molecule has 2 aromatic carbocycles. The van der Waals surface area contributed by atoms with Crippen LogP contribution in [-0.4, -0.2) is 63.9 Å². The smallest absolute Gasteiger partial charge is 0.254 e. The lowest BCUT2D eigenvalue weighted by molar-refractivity contribution is -0.111. The summed E-state index contributed by atoms with van der Waals surface area (Å²) in [6, 6.07) is 12.0. The zero-order valence-electron chi connectivity index (χ0n) is 24.4. The fourth-order valence-electron chi connectivity index (χ4n) is 5.47. The van der Waals surface area contributed by atoms with E-state index < -0.39 is 17.3 Å². The standard InChI is InChI=1S/C32H35ClFN7O2/c1-32(40-30(43)23-13-12-20(16-26(23)34)37-28(42)11-7-15-41(2)3)14-6-8-21(17-32)38-31-36-19-25(33)29(39-31)24-18-35-27-10-5-4-9-22(24)27/h4-5,7,9-13,16,18-19,21,35H,6,8,14-15,17H2,1-3H3,(H,37,42)(H,40,43)(H,36,38,39)/b11-7+/t21-,32+/m1/s1. The van der Waals surface area contributed by atoms with Gasteiger partial charge in [0, 0.05) is 52.6 Å². The third-order valence-corrected chi connectivity index (χ3v) is 7.81. The van der Waals surface area contributed by atoms with Crippen LogP contribution in [0.5, 0.6) is 0 Å². The first kappa shape index (κ1) is 30.2. The molecule has 2 atom stereocenters. The predicted octanol–water partition coefficient (Wildman–Crippen LogP) is 6.02. The van der Waals surface area contributed by atoms with E-state index in [1.807, 2.05) is 56.4 Å². The van der Waals surface area contributed by atoms with E-state index in [0.717, 1.165) is 41.8 Å². The maximum Gasteiger partial charge on any atom is 0.254 e. The molecule has 0 unspecified atom stereocenters. The summed E-state index contributed by atoms with van der Waals surface area (Å²) in [4.78, 5) is 39.5. The summed E-state index contributed by atoms with van der Waals surface area (Å²) < 4.78 is 15.0. The number of H-pyrrole nitrogens is 1. The minimum Gasteiger partial charge on any atom is -0.360 e. The van der Waals surface area contributed by atoms with Crippen LogP contribution in [0.4, 0.5) is 16.0 Å². The fraction of sp³-hybridized carbons (Fsp3) is 0.312. The van der Waals surface area contributed by atoms with E-state index in [2.05, 4.69) is 25.9 Å². The molecule has 1 aliphatic rings. The zero-order chi connectivity index (χ0) is 30.6. The monoisotopic (exact) mass is 603 g/mol. The van der Waals surface area contributed by atoms with Gasteiger partial charge in [-0.05, 0) is 71.0 Å². The average Bonchev–Trinajstić information content (AvgIpc) is 3.38. The molecule has 43 heavy (non-hydrogen) atoms. The van der Waals surface area contributed by atoms with Crippen molar-refractivity contribution in [3.05, 3.63) is 83.4 Å². The second kappa shape index (κ2) is 12.9. The first-order chi connectivity index (χ1) is 20.6. The maximum atomic E-state index is 15.0. The predicted molar refractivity (Wildman–Crippen MR) is 169 cm³/mol. The topological polar surface area (TPSA) is 115 Å². The number of amides is 2. The molecule has 0 aliphatic heterocycles. The minimum atomic E-state index is -0.707. The van der Waals surface area contributed by atoms with Gasteiger partial charge in [-0.3, -0.25) is 9.59 Å².